The summed E-state index contributed by atoms with van der Waals surface area (Å²) < 4.78 is 25.9. The Bertz CT molecular complexity index is 1170. The monoisotopic (exact) mass is 420 g/mol. The Morgan fingerprint density at radius 1 is 1.16 bits per heavy atom. The fourth-order valence-corrected chi connectivity index (χ4v) is 2.86. The Morgan fingerprint density at radius 2 is 1.97 bits per heavy atom. The number of ether oxygens (including phenoxy) is 1. The van der Waals surface area contributed by atoms with Crippen LogP contribution in [0.4, 0.5) is 10.1 Å². The minimum absolute atomic E-state index is 0.237. The first kappa shape index (κ1) is 20.3. The van der Waals surface area contributed by atoms with E-state index in [1.807, 2.05) is 19.9 Å². The second-order valence-corrected chi connectivity index (χ2v) is 7.32. The van der Waals surface area contributed by atoms with Gasteiger partial charge in [-0.15, -0.1) is 5.10 Å². The molecule has 0 aliphatic heterocycles. The first-order valence-corrected chi connectivity index (χ1v) is 9.80. The second kappa shape index (κ2) is 8.83. The number of nitrogens with zero attached hydrogens (tertiary/aromatic N) is 3. The molecule has 0 bridgehead atoms. The molecule has 7 nitrogen and oxygen atoms in total. The molecule has 0 aliphatic carbocycles. The molecule has 2 aromatic heterocycles. The van der Waals surface area contributed by atoms with Crippen LogP contribution in [0.25, 0.3) is 17.3 Å². The van der Waals surface area contributed by atoms with Gasteiger partial charge in [-0.3, -0.25) is 4.79 Å². The van der Waals surface area contributed by atoms with Crippen molar-refractivity contribution in [3.63, 3.8) is 0 Å². The largest absolute Gasteiger partial charge is 0.462 e. The number of rotatable bonds is 7. The zero-order chi connectivity index (χ0) is 21.8. The molecule has 0 atom stereocenters. The third-order valence-electron chi connectivity index (χ3n) is 4.33. The van der Waals surface area contributed by atoms with Crippen LogP contribution in [0.5, 0.6) is 6.01 Å². The maximum Gasteiger partial charge on any atom is 0.336 e. The first-order valence-electron chi connectivity index (χ1n) is 9.80. The first-order chi connectivity index (χ1) is 15.0. The molecule has 31 heavy (non-hydrogen) atoms. The molecule has 1 N–H and O–H groups in total. The van der Waals surface area contributed by atoms with E-state index in [-0.39, 0.29) is 11.9 Å². The molecule has 0 unspecified atom stereocenters. The molecule has 0 fully saturated rings. The minimum atomic E-state index is -0.398. The quantitative estimate of drug-likeness (QED) is 0.457. The van der Waals surface area contributed by atoms with Crippen molar-refractivity contribution in [2.24, 2.45) is 5.92 Å². The highest BCUT2D eigenvalue weighted by molar-refractivity contribution is 6.04. The Balaban J connectivity index is 1.63. The molecule has 2 aromatic carbocycles. The minimum Gasteiger partial charge on any atom is -0.462 e. The fourth-order valence-electron chi connectivity index (χ4n) is 2.86. The summed E-state index contributed by atoms with van der Waals surface area (Å²) >= 11 is 0. The lowest BCUT2D eigenvalue weighted by Gasteiger charge is -2.09. The van der Waals surface area contributed by atoms with Crippen molar-refractivity contribution in [2.45, 2.75) is 13.8 Å². The van der Waals surface area contributed by atoms with Crippen molar-refractivity contribution in [3.05, 3.63) is 78.3 Å². The lowest BCUT2D eigenvalue weighted by atomic mass is 10.2. The van der Waals surface area contributed by atoms with E-state index in [1.54, 1.807) is 41.3 Å². The van der Waals surface area contributed by atoms with Crippen LogP contribution in [-0.4, -0.2) is 27.3 Å². The molecule has 0 spiro atoms. The average molecular weight is 420 g/mol. The number of amides is 1. The van der Waals surface area contributed by atoms with E-state index in [2.05, 4.69) is 15.4 Å². The highest BCUT2D eigenvalue weighted by atomic mass is 19.1. The molecular formula is C23H21FN4O3. The van der Waals surface area contributed by atoms with Crippen molar-refractivity contribution in [1.29, 1.82) is 0 Å². The van der Waals surface area contributed by atoms with Gasteiger partial charge in [0.2, 0.25) is 5.82 Å². The molecule has 0 saturated carbocycles. The van der Waals surface area contributed by atoms with Crippen LogP contribution in [0.3, 0.4) is 0 Å². The molecule has 0 aliphatic rings. The van der Waals surface area contributed by atoms with Crippen molar-refractivity contribution < 1.29 is 18.3 Å². The Hall–Kier alpha value is -3.94. The predicted octanol–water partition coefficient (Wildman–Crippen LogP) is 4.95. The van der Waals surface area contributed by atoms with E-state index in [1.165, 1.54) is 24.3 Å². The molecule has 158 valence electrons. The molecule has 0 radical (unpaired) electrons. The van der Waals surface area contributed by atoms with E-state index in [4.69, 9.17) is 9.15 Å². The number of anilines is 1. The maximum absolute atomic E-state index is 13.1. The molecule has 8 heteroatoms. The number of hydrogen-bond acceptors (Lipinski definition) is 5. The van der Waals surface area contributed by atoms with Crippen molar-refractivity contribution in [3.8, 4) is 23.3 Å². The van der Waals surface area contributed by atoms with Crippen LogP contribution in [0, 0.1) is 11.7 Å². The number of benzene rings is 2. The van der Waals surface area contributed by atoms with E-state index >= 15 is 0 Å². The van der Waals surface area contributed by atoms with Crippen LogP contribution in [0.1, 0.15) is 24.2 Å². The van der Waals surface area contributed by atoms with E-state index in [9.17, 15) is 9.18 Å². The summed E-state index contributed by atoms with van der Waals surface area (Å²) in [6, 6.07) is 16.3. The third-order valence-corrected chi connectivity index (χ3v) is 4.33. The SMILES string of the molecule is CC(C)COc1nc(-c2ccco2)n(-c2cccc(NC(=O)c3ccc(F)cc3)c2)n1. The van der Waals surface area contributed by atoms with Gasteiger partial charge in [-0.05, 0) is 60.5 Å². The number of aromatic nitrogens is 3. The summed E-state index contributed by atoms with van der Waals surface area (Å²) in [5, 5.41) is 7.28. The Morgan fingerprint density at radius 3 is 2.68 bits per heavy atom. The Kier molecular flexibility index (Phi) is 5.79. The Labute approximate surface area is 178 Å². The van der Waals surface area contributed by atoms with Gasteiger partial charge in [-0.2, -0.15) is 4.98 Å². The highest BCUT2D eigenvalue weighted by Crippen LogP contribution is 2.25. The molecule has 2 heterocycles. The average Bonchev–Trinajstić information content (AvgIpc) is 3.43. The van der Waals surface area contributed by atoms with Gasteiger partial charge in [0, 0.05) is 11.3 Å². The standard InChI is InChI=1S/C23H21FN4O3/c1-15(2)14-31-23-26-21(20-7-4-12-30-20)28(27-23)19-6-3-5-18(13-19)25-22(29)16-8-10-17(24)11-9-16/h3-13,15H,14H2,1-2H3,(H,25,29). The van der Waals surface area contributed by atoms with E-state index < -0.39 is 5.82 Å². The summed E-state index contributed by atoms with van der Waals surface area (Å²) in [5.74, 6) is 0.594. The van der Waals surface area contributed by atoms with Crippen LogP contribution >= 0.6 is 0 Å². The zero-order valence-electron chi connectivity index (χ0n) is 17.1. The van der Waals surface area contributed by atoms with Crippen molar-refractivity contribution in [2.75, 3.05) is 11.9 Å². The number of carbonyl (C=O) groups is 1. The van der Waals surface area contributed by atoms with Gasteiger partial charge in [0.05, 0.1) is 18.6 Å². The zero-order valence-corrected chi connectivity index (χ0v) is 17.1. The lowest BCUT2D eigenvalue weighted by Crippen LogP contribution is -2.12. The third kappa shape index (κ3) is 4.80. The predicted molar refractivity (Wildman–Crippen MR) is 114 cm³/mol. The van der Waals surface area contributed by atoms with Crippen LogP contribution < -0.4 is 10.1 Å². The summed E-state index contributed by atoms with van der Waals surface area (Å²) in [7, 11) is 0. The van der Waals surface area contributed by atoms with Gasteiger partial charge in [-0.25, -0.2) is 9.07 Å². The molecule has 1 amide bonds. The second-order valence-electron chi connectivity index (χ2n) is 7.32. The van der Waals surface area contributed by atoms with Gasteiger partial charge in [0.25, 0.3) is 5.91 Å². The smallest absolute Gasteiger partial charge is 0.336 e. The van der Waals surface area contributed by atoms with Gasteiger partial charge in [-0.1, -0.05) is 19.9 Å². The summed E-state index contributed by atoms with van der Waals surface area (Å²) in [4.78, 5) is 16.9. The van der Waals surface area contributed by atoms with E-state index in [0.29, 0.717) is 41.0 Å². The highest BCUT2D eigenvalue weighted by Gasteiger charge is 2.18. The summed E-state index contributed by atoms with van der Waals surface area (Å²) in [6.07, 6.45) is 1.56. The number of hydrogen-bond donors (Lipinski definition) is 1. The fraction of sp³-hybridized carbons (Fsp3) is 0.174. The van der Waals surface area contributed by atoms with Gasteiger partial charge in [0.15, 0.2) is 5.76 Å². The maximum atomic E-state index is 13.1. The normalized spacial score (nSPS) is 11.0. The van der Waals surface area contributed by atoms with Crippen LogP contribution in [-0.2, 0) is 0 Å². The molecule has 4 aromatic rings. The summed E-state index contributed by atoms with van der Waals surface area (Å²) in [6.45, 7) is 4.56. The number of halogens is 1. The number of nitrogens with one attached hydrogen (secondary N) is 1. The summed E-state index contributed by atoms with van der Waals surface area (Å²) in [5.41, 5.74) is 1.57. The van der Waals surface area contributed by atoms with Crippen LogP contribution in [0.2, 0.25) is 0 Å². The van der Waals surface area contributed by atoms with Crippen molar-refractivity contribution >= 4 is 11.6 Å². The van der Waals surface area contributed by atoms with Crippen LogP contribution in [0.15, 0.2) is 71.3 Å². The number of furan rings is 1. The van der Waals surface area contributed by atoms with E-state index in [0.717, 1.165) is 0 Å². The molecular weight excluding hydrogens is 399 g/mol. The van der Waals surface area contributed by atoms with Gasteiger partial charge >= 0.3 is 6.01 Å². The van der Waals surface area contributed by atoms with Gasteiger partial charge < -0.3 is 14.5 Å². The molecule has 0 saturated heterocycles. The number of carbonyl (C=O) groups excluding carboxylic acids is 1. The van der Waals surface area contributed by atoms with Crippen molar-refractivity contribution in [1.82, 2.24) is 14.8 Å². The topological polar surface area (TPSA) is 82.2 Å². The lowest BCUT2D eigenvalue weighted by molar-refractivity contribution is 0.102. The van der Waals surface area contributed by atoms with Gasteiger partial charge in [0.1, 0.15) is 5.82 Å². The molecule has 4 rings (SSSR count).